The third-order valence-electron chi connectivity index (χ3n) is 2.38. The summed E-state index contributed by atoms with van der Waals surface area (Å²) in [4.78, 5) is 1.92. The summed E-state index contributed by atoms with van der Waals surface area (Å²) < 4.78 is 22.8. The van der Waals surface area contributed by atoms with Gasteiger partial charge in [-0.3, -0.25) is 0 Å². The molecular formula is C10H20FNO2. The van der Waals surface area contributed by atoms with Crippen molar-refractivity contribution in [2.45, 2.75) is 25.6 Å². The molecule has 0 aliphatic carbocycles. The van der Waals surface area contributed by atoms with Gasteiger partial charge in [-0.2, -0.15) is 0 Å². The van der Waals surface area contributed by atoms with Crippen LogP contribution in [-0.4, -0.2) is 51.2 Å². The molecule has 0 radical (unpaired) electrons. The quantitative estimate of drug-likeness (QED) is 0.655. The normalized spacial score (nSPS) is 22.9. The zero-order chi connectivity index (χ0) is 10.2. The molecule has 1 saturated heterocycles. The smallest absolute Gasteiger partial charge is 0.157 e. The molecular weight excluding hydrogens is 185 g/mol. The van der Waals surface area contributed by atoms with Crippen LogP contribution in [0, 0.1) is 0 Å². The lowest BCUT2D eigenvalue weighted by Crippen LogP contribution is -2.29. The molecule has 0 N–H and O–H groups in total. The van der Waals surface area contributed by atoms with Gasteiger partial charge in [-0.25, -0.2) is 4.39 Å². The van der Waals surface area contributed by atoms with Crippen LogP contribution in [0.25, 0.3) is 0 Å². The van der Waals surface area contributed by atoms with Gasteiger partial charge in [0.25, 0.3) is 0 Å². The van der Waals surface area contributed by atoms with E-state index in [4.69, 9.17) is 9.47 Å². The fraction of sp³-hybridized carbons (Fsp3) is 1.00. The molecule has 0 bridgehead atoms. The number of rotatable bonds is 6. The lowest BCUT2D eigenvalue weighted by Gasteiger charge is -2.23. The van der Waals surface area contributed by atoms with Crippen molar-refractivity contribution in [1.29, 1.82) is 0 Å². The zero-order valence-electron chi connectivity index (χ0n) is 8.88. The van der Waals surface area contributed by atoms with E-state index in [1.807, 2.05) is 11.9 Å². The third kappa shape index (κ3) is 4.88. The maximum absolute atomic E-state index is 11.9. The molecule has 14 heavy (non-hydrogen) atoms. The summed E-state index contributed by atoms with van der Waals surface area (Å²) in [5, 5.41) is 0. The number of nitrogens with zero attached hydrogens (tertiary/aromatic N) is 1. The van der Waals surface area contributed by atoms with Gasteiger partial charge in [-0.1, -0.05) is 0 Å². The van der Waals surface area contributed by atoms with Gasteiger partial charge in [0, 0.05) is 19.7 Å². The first-order valence-corrected chi connectivity index (χ1v) is 5.30. The highest BCUT2D eigenvalue weighted by molar-refractivity contribution is 4.55. The van der Waals surface area contributed by atoms with Crippen molar-refractivity contribution in [3.8, 4) is 0 Å². The average molecular weight is 205 g/mol. The Morgan fingerprint density at radius 2 is 2.29 bits per heavy atom. The fourth-order valence-electron chi connectivity index (χ4n) is 1.44. The number of hydrogen-bond acceptors (Lipinski definition) is 3. The summed E-state index contributed by atoms with van der Waals surface area (Å²) in [6.07, 6.45) is 3.29. The molecule has 0 saturated carbocycles. The monoisotopic (exact) mass is 205 g/mol. The molecule has 1 fully saturated rings. The van der Waals surface area contributed by atoms with Gasteiger partial charge >= 0.3 is 0 Å². The van der Waals surface area contributed by atoms with E-state index < -0.39 is 0 Å². The molecule has 0 aromatic carbocycles. The molecule has 1 aliphatic heterocycles. The van der Waals surface area contributed by atoms with Crippen molar-refractivity contribution in [3.63, 3.8) is 0 Å². The highest BCUT2D eigenvalue weighted by Crippen LogP contribution is 2.13. The first-order valence-electron chi connectivity index (χ1n) is 5.30. The topological polar surface area (TPSA) is 21.7 Å². The first kappa shape index (κ1) is 11.9. The Morgan fingerprint density at radius 3 is 2.93 bits per heavy atom. The van der Waals surface area contributed by atoms with Gasteiger partial charge in [0.05, 0.1) is 6.61 Å². The van der Waals surface area contributed by atoms with Crippen molar-refractivity contribution in [3.05, 3.63) is 0 Å². The molecule has 0 aromatic rings. The highest BCUT2D eigenvalue weighted by atomic mass is 19.1. The maximum atomic E-state index is 11.9. The van der Waals surface area contributed by atoms with Crippen LogP contribution in [0.4, 0.5) is 4.39 Å². The molecule has 1 unspecified atom stereocenters. The fourth-order valence-corrected chi connectivity index (χ4v) is 1.44. The number of likely N-dealkylation sites (N-methyl/N-ethyl adjacent to an activating group) is 1. The number of hydrogen-bond donors (Lipinski definition) is 0. The summed E-state index contributed by atoms with van der Waals surface area (Å²) in [5.41, 5.74) is 0. The predicted molar refractivity (Wildman–Crippen MR) is 53.0 cm³/mol. The number of alkyl halides is 1. The van der Waals surface area contributed by atoms with E-state index in [9.17, 15) is 4.39 Å². The van der Waals surface area contributed by atoms with Gasteiger partial charge < -0.3 is 14.4 Å². The molecule has 0 aromatic heterocycles. The van der Waals surface area contributed by atoms with Crippen LogP contribution in [0.5, 0.6) is 0 Å². The van der Waals surface area contributed by atoms with E-state index in [1.54, 1.807) is 0 Å². The minimum absolute atomic E-state index is 0.0254. The molecule has 0 amide bonds. The van der Waals surface area contributed by atoms with E-state index in [0.717, 1.165) is 26.0 Å². The molecule has 1 aliphatic rings. The Hall–Kier alpha value is -0.190. The van der Waals surface area contributed by atoms with Crippen LogP contribution in [-0.2, 0) is 9.47 Å². The van der Waals surface area contributed by atoms with E-state index in [-0.39, 0.29) is 13.0 Å². The van der Waals surface area contributed by atoms with Crippen molar-refractivity contribution >= 4 is 0 Å². The van der Waals surface area contributed by atoms with Gasteiger partial charge in [-0.15, -0.1) is 0 Å². The summed E-state index contributed by atoms with van der Waals surface area (Å²) >= 11 is 0. The lowest BCUT2D eigenvalue weighted by atomic mass is 10.2. The van der Waals surface area contributed by atoms with Gasteiger partial charge in [0.15, 0.2) is 6.29 Å². The van der Waals surface area contributed by atoms with Crippen LogP contribution >= 0.6 is 0 Å². The highest BCUT2D eigenvalue weighted by Gasteiger charge is 2.13. The third-order valence-corrected chi connectivity index (χ3v) is 2.38. The van der Waals surface area contributed by atoms with E-state index >= 15 is 0 Å². The summed E-state index contributed by atoms with van der Waals surface area (Å²) in [5.74, 6) is 0. The first-order chi connectivity index (χ1) is 6.83. The molecule has 1 atom stereocenters. The van der Waals surface area contributed by atoms with Crippen molar-refractivity contribution in [2.75, 3.05) is 40.0 Å². The Balaban J connectivity index is 1.96. The average Bonchev–Trinajstić information content (AvgIpc) is 2.20. The number of halogens is 1. The van der Waals surface area contributed by atoms with Crippen LogP contribution in [0.15, 0.2) is 0 Å². The molecule has 0 spiro atoms. The standard InChI is InChI=1S/C10H20FNO2/c1-12(6-5-11)7-9-14-10-4-2-3-8-13-10/h10H,2-9H2,1H3. The van der Waals surface area contributed by atoms with Crippen LogP contribution in [0.2, 0.25) is 0 Å². The lowest BCUT2D eigenvalue weighted by molar-refractivity contribution is -0.163. The maximum Gasteiger partial charge on any atom is 0.157 e. The second-order valence-electron chi connectivity index (χ2n) is 3.66. The van der Waals surface area contributed by atoms with Crippen molar-refractivity contribution in [2.24, 2.45) is 0 Å². The van der Waals surface area contributed by atoms with Gasteiger partial charge in [0.2, 0.25) is 0 Å². The largest absolute Gasteiger partial charge is 0.353 e. The molecule has 1 rings (SSSR count). The van der Waals surface area contributed by atoms with Gasteiger partial charge in [0.1, 0.15) is 6.67 Å². The Kier molecular flexibility index (Phi) is 6.07. The van der Waals surface area contributed by atoms with Crippen LogP contribution in [0.3, 0.4) is 0 Å². The van der Waals surface area contributed by atoms with Gasteiger partial charge in [-0.05, 0) is 26.3 Å². The minimum atomic E-state index is -0.295. The Bertz CT molecular complexity index is 140. The van der Waals surface area contributed by atoms with Crippen LogP contribution in [0.1, 0.15) is 19.3 Å². The SMILES string of the molecule is CN(CCF)CCOC1CCCCO1. The summed E-state index contributed by atoms with van der Waals surface area (Å²) in [7, 11) is 1.89. The van der Waals surface area contributed by atoms with E-state index in [0.29, 0.717) is 13.2 Å². The Morgan fingerprint density at radius 1 is 1.43 bits per heavy atom. The van der Waals surface area contributed by atoms with E-state index in [1.165, 1.54) is 6.42 Å². The predicted octanol–water partition coefficient (Wildman–Crippen LogP) is 1.43. The zero-order valence-corrected chi connectivity index (χ0v) is 8.88. The molecule has 84 valence electrons. The van der Waals surface area contributed by atoms with Crippen LogP contribution < -0.4 is 0 Å². The summed E-state index contributed by atoms with van der Waals surface area (Å²) in [6.45, 7) is 2.39. The van der Waals surface area contributed by atoms with Crippen molar-refractivity contribution < 1.29 is 13.9 Å². The number of ether oxygens (including phenoxy) is 2. The second kappa shape index (κ2) is 7.15. The minimum Gasteiger partial charge on any atom is -0.353 e. The Labute approximate surface area is 85.2 Å². The molecule has 1 heterocycles. The van der Waals surface area contributed by atoms with E-state index in [2.05, 4.69) is 0 Å². The van der Waals surface area contributed by atoms with Crippen molar-refractivity contribution in [1.82, 2.24) is 4.90 Å². The summed E-state index contributed by atoms with van der Waals surface area (Å²) in [6, 6.07) is 0. The molecule has 4 heteroatoms. The second-order valence-corrected chi connectivity index (χ2v) is 3.66. The molecule has 3 nitrogen and oxygen atoms in total.